The molecule has 0 saturated carbocycles. The SMILES string of the molecule is CCN(CC)CCNC(=O)c1cc(Br)c(Br)s1. The van der Waals surface area contributed by atoms with Crippen LogP contribution in [0, 0.1) is 0 Å². The normalized spacial score (nSPS) is 10.9. The first kappa shape index (κ1) is 15.1. The van der Waals surface area contributed by atoms with E-state index < -0.39 is 0 Å². The summed E-state index contributed by atoms with van der Waals surface area (Å²) in [6.07, 6.45) is 0. The van der Waals surface area contributed by atoms with E-state index in [4.69, 9.17) is 0 Å². The number of hydrogen-bond donors (Lipinski definition) is 1. The summed E-state index contributed by atoms with van der Waals surface area (Å²) < 4.78 is 1.88. The molecule has 0 aromatic carbocycles. The van der Waals surface area contributed by atoms with Gasteiger partial charge in [-0.05, 0) is 51.0 Å². The van der Waals surface area contributed by atoms with Crippen LogP contribution < -0.4 is 5.32 Å². The number of nitrogens with zero attached hydrogens (tertiary/aromatic N) is 1. The molecule has 0 fully saturated rings. The molecule has 96 valence electrons. The molecule has 0 bridgehead atoms. The predicted molar refractivity (Wildman–Crippen MR) is 79.8 cm³/mol. The zero-order valence-corrected chi connectivity index (χ0v) is 13.9. The molecule has 0 aliphatic carbocycles. The quantitative estimate of drug-likeness (QED) is 0.816. The number of nitrogens with one attached hydrogen (secondary N) is 1. The van der Waals surface area contributed by atoms with Crippen molar-refractivity contribution in [3.05, 3.63) is 19.2 Å². The van der Waals surface area contributed by atoms with Crippen LogP contribution in [0.4, 0.5) is 0 Å². The Balaban J connectivity index is 2.40. The Morgan fingerprint density at radius 3 is 2.53 bits per heavy atom. The van der Waals surface area contributed by atoms with Gasteiger partial charge in [-0.2, -0.15) is 0 Å². The molecule has 1 N–H and O–H groups in total. The third-order valence-corrected chi connectivity index (χ3v) is 5.73. The zero-order valence-electron chi connectivity index (χ0n) is 9.93. The van der Waals surface area contributed by atoms with Gasteiger partial charge < -0.3 is 10.2 Å². The van der Waals surface area contributed by atoms with E-state index in [0.29, 0.717) is 6.54 Å². The van der Waals surface area contributed by atoms with Crippen molar-refractivity contribution < 1.29 is 4.79 Å². The van der Waals surface area contributed by atoms with Crippen molar-refractivity contribution in [3.63, 3.8) is 0 Å². The molecule has 0 radical (unpaired) electrons. The molecule has 6 heteroatoms. The number of carbonyl (C=O) groups is 1. The number of hydrogen-bond acceptors (Lipinski definition) is 3. The Morgan fingerprint density at radius 2 is 2.06 bits per heavy atom. The molecule has 1 amide bonds. The third kappa shape index (κ3) is 4.69. The van der Waals surface area contributed by atoms with E-state index in [1.54, 1.807) is 0 Å². The van der Waals surface area contributed by atoms with E-state index in [2.05, 4.69) is 55.9 Å². The van der Waals surface area contributed by atoms with E-state index in [1.807, 2.05) is 6.07 Å². The number of carbonyl (C=O) groups excluding carboxylic acids is 1. The van der Waals surface area contributed by atoms with Crippen molar-refractivity contribution in [3.8, 4) is 0 Å². The maximum absolute atomic E-state index is 11.8. The molecule has 0 aliphatic heterocycles. The van der Waals surface area contributed by atoms with Crippen molar-refractivity contribution in [1.29, 1.82) is 0 Å². The minimum atomic E-state index is -0.00597. The Hall–Kier alpha value is 0.0900. The molecule has 1 aromatic heterocycles. The summed E-state index contributed by atoms with van der Waals surface area (Å²) in [6, 6.07) is 1.83. The summed E-state index contributed by atoms with van der Waals surface area (Å²) in [4.78, 5) is 14.8. The van der Waals surface area contributed by atoms with Crippen molar-refractivity contribution in [1.82, 2.24) is 10.2 Å². The number of likely N-dealkylation sites (N-methyl/N-ethyl adjacent to an activating group) is 1. The smallest absolute Gasteiger partial charge is 0.261 e. The molecule has 1 rings (SSSR count). The fourth-order valence-electron chi connectivity index (χ4n) is 1.41. The molecule has 3 nitrogen and oxygen atoms in total. The van der Waals surface area contributed by atoms with Gasteiger partial charge in [-0.3, -0.25) is 4.79 Å². The fourth-order valence-corrected chi connectivity index (χ4v) is 3.37. The molecule has 0 aliphatic rings. The van der Waals surface area contributed by atoms with Gasteiger partial charge in [-0.1, -0.05) is 13.8 Å². The fraction of sp³-hybridized carbons (Fsp3) is 0.545. The third-order valence-electron chi connectivity index (χ3n) is 2.48. The summed E-state index contributed by atoms with van der Waals surface area (Å²) in [6.45, 7) is 7.86. The lowest BCUT2D eigenvalue weighted by Gasteiger charge is -2.17. The average molecular weight is 384 g/mol. The lowest BCUT2D eigenvalue weighted by Crippen LogP contribution is -2.34. The van der Waals surface area contributed by atoms with Crippen molar-refractivity contribution >= 4 is 49.1 Å². The van der Waals surface area contributed by atoms with Crippen molar-refractivity contribution in [2.24, 2.45) is 0 Å². The van der Waals surface area contributed by atoms with Gasteiger partial charge in [0, 0.05) is 17.6 Å². The highest BCUT2D eigenvalue weighted by Gasteiger charge is 2.11. The molecule has 0 unspecified atom stereocenters. The molecular weight excluding hydrogens is 368 g/mol. The van der Waals surface area contributed by atoms with Gasteiger partial charge in [0.15, 0.2) is 0 Å². The first-order valence-corrected chi connectivity index (χ1v) is 7.94. The highest BCUT2D eigenvalue weighted by Crippen LogP contribution is 2.32. The Kier molecular flexibility index (Phi) is 6.69. The minimum Gasteiger partial charge on any atom is -0.350 e. The molecule has 17 heavy (non-hydrogen) atoms. The standard InChI is InChI=1S/C11H16Br2N2OS/c1-3-15(4-2)6-5-14-11(16)9-7-8(12)10(13)17-9/h7H,3-6H2,1-2H3,(H,14,16). The second kappa shape index (κ2) is 7.51. The minimum absolute atomic E-state index is 0.00597. The zero-order chi connectivity index (χ0) is 12.8. The topological polar surface area (TPSA) is 32.3 Å². The van der Waals surface area contributed by atoms with Gasteiger partial charge in [0.05, 0.1) is 8.66 Å². The van der Waals surface area contributed by atoms with Gasteiger partial charge in [-0.25, -0.2) is 0 Å². The molecule has 1 heterocycles. The summed E-state index contributed by atoms with van der Waals surface area (Å²) in [5.74, 6) is -0.00597. The highest BCUT2D eigenvalue weighted by molar-refractivity contribution is 9.13. The lowest BCUT2D eigenvalue weighted by atomic mass is 10.4. The average Bonchev–Trinajstić information content (AvgIpc) is 2.65. The van der Waals surface area contributed by atoms with Crippen LogP contribution in [0.3, 0.4) is 0 Å². The largest absolute Gasteiger partial charge is 0.350 e. The summed E-state index contributed by atoms with van der Waals surface area (Å²) in [7, 11) is 0. The van der Waals surface area contributed by atoms with Crippen LogP contribution in [-0.4, -0.2) is 37.0 Å². The summed E-state index contributed by atoms with van der Waals surface area (Å²) in [5.41, 5.74) is 0. The second-order valence-corrected chi connectivity index (χ2v) is 6.74. The van der Waals surface area contributed by atoms with Gasteiger partial charge in [0.25, 0.3) is 5.91 Å². The summed E-state index contributed by atoms with van der Waals surface area (Å²) >= 11 is 8.19. The van der Waals surface area contributed by atoms with Crippen LogP contribution in [-0.2, 0) is 0 Å². The number of halogens is 2. The Morgan fingerprint density at radius 1 is 1.41 bits per heavy atom. The van der Waals surface area contributed by atoms with Crippen LogP contribution in [0.25, 0.3) is 0 Å². The van der Waals surface area contributed by atoms with E-state index in [-0.39, 0.29) is 5.91 Å². The van der Waals surface area contributed by atoms with Gasteiger partial charge in [0.2, 0.25) is 0 Å². The molecule has 0 spiro atoms. The van der Waals surface area contributed by atoms with Crippen LogP contribution in [0.5, 0.6) is 0 Å². The van der Waals surface area contributed by atoms with Gasteiger partial charge in [-0.15, -0.1) is 11.3 Å². The molecule has 0 atom stereocenters. The van der Waals surface area contributed by atoms with E-state index in [1.165, 1.54) is 11.3 Å². The predicted octanol–water partition coefficient (Wildman–Crippen LogP) is 3.34. The molecule has 1 aromatic rings. The Bertz CT molecular complexity index is 358. The maximum atomic E-state index is 11.8. The first-order valence-electron chi connectivity index (χ1n) is 5.53. The first-order chi connectivity index (χ1) is 8.08. The van der Waals surface area contributed by atoms with Crippen LogP contribution in [0.1, 0.15) is 23.5 Å². The number of amides is 1. The summed E-state index contributed by atoms with van der Waals surface area (Å²) in [5, 5.41) is 2.93. The Labute approximate surface area is 123 Å². The van der Waals surface area contributed by atoms with Gasteiger partial charge in [0.1, 0.15) is 0 Å². The van der Waals surface area contributed by atoms with Gasteiger partial charge >= 0.3 is 0 Å². The highest BCUT2D eigenvalue weighted by atomic mass is 79.9. The van der Waals surface area contributed by atoms with Crippen molar-refractivity contribution in [2.75, 3.05) is 26.2 Å². The second-order valence-electron chi connectivity index (χ2n) is 3.52. The number of rotatable bonds is 6. The molecule has 0 saturated heterocycles. The maximum Gasteiger partial charge on any atom is 0.261 e. The van der Waals surface area contributed by atoms with Crippen LogP contribution >= 0.6 is 43.2 Å². The lowest BCUT2D eigenvalue weighted by molar-refractivity contribution is 0.0953. The van der Waals surface area contributed by atoms with E-state index in [9.17, 15) is 4.79 Å². The number of thiophene rings is 1. The van der Waals surface area contributed by atoms with Crippen LogP contribution in [0.2, 0.25) is 0 Å². The molecular formula is C11H16Br2N2OS. The van der Waals surface area contributed by atoms with E-state index >= 15 is 0 Å². The van der Waals surface area contributed by atoms with Crippen LogP contribution in [0.15, 0.2) is 14.3 Å². The van der Waals surface area contributed by atoms with E-state index in [0.717, 1.165) is 32.8 Å². The van der Waals surface area contributed by atoms with Crippen molar-refractivity contribution in [2.45, 2.75) is 13.8 Å². The monoisotopic (exact) mass is 382 g/mol.